The van der Waals surface area contributed by atoms with Gasteiger partial charge in [-0.05, 0) is 19.1 Å². The Labute approximate surface area is 122 Å². The lowest BCUT2D eigenvalue weighted by molar-refractivity contribution is -0.384. The molecule has 114 valence electrons. The summed E-state index contributed by atoms with van der Waals surface area (Å²) >= 11 is 0. The van der Waals surface area contributed by atoms with Gasteiger partial charge in [-0.25, -0.2) is 0 Å². The molecule has 0 heterocycles. The van der Waals surface area contributed by atoms with Crippen molar-refractivity contribution in [1.29, 1.82) is 0 Å². The maximum Gasteiger partial charge on any atom is 0.305 e. The lowest BCUT2D eigenvalue weighted by atomic mass is 10.1. The molecule has 3 N–H and O–H groups in total. The molecule has 21 heavy (non-hydrogen) atoms. The number of carbonyl (C=O) groups is 2. The van der Waals surface area contributed by atoms with Crippen LogP contribution in [-0.4, -0.2) is 36.9 Å². The molecule has 0 aliphatic rings. The van der Waals surface area contributed by atoms with Crippen LogP contribution in [0.1, 0.15) is 23.7 Å². The summed E-state index contributed by atoms with van der Waals surface area (Å²) in [6.07, 6.45) is 0.124. The molecular weight excluding hydrogens is 276 g/mol. The number of carbonyl (C=O) groups excluding carboxylic acids is 2. The van der Waals surface area contributed by atoms with Crippen molar-refractivity contribution in [2.45, 2.75) is 13.3 Å². The Morgan fingerprint density at radius 3 is 2.57 bits per heavy atom. The van der Waals surface area contributed by atoms with Crippen LogP contribution in [0.25, 0.3) is 0 Å². The van der Waals surface area contributed by atoms with Gasteiger partial charge in [0, 0.05) is 26.6 Å². The summed E-state index contributed by atoms with van der Waals surface area (Å²) in [4.78, 5) is 33.7. The monoisotopic (exact) mass is 294 g/mol. The molecule has 1 aromatic carbocycles. The first-order chi connectivity index (χ1) is 10.0. The van der Waals surface area contributed by atoms with Gasteiger partial charge in [-0.1, -0.05) is 6.07 Å². The standard InChI is InChI=1S/C13H18N4O4/c1-3-15-11(18)7-8-16-13(19)9-5-4-6-10(14-2)12(9)17(20)21/h4-6,14H,3,7-8H2,1-2H3,(H,15,18)(H,16,19). The van der Waals surface area contributed by atoms with E-state index in [4.69, 9.17) is 0 Å². The quantitative estimate of drug-likeness (QED) is 0.510. The van der Waals surface area contributed by atoms with E-state index in [0.717, 1.165) is 0 Å². The zero-order valence-corrected chi connectivity index (χ0v) is 11.9. The fraction of sp³-hybridized carbons (Fsp3) is 0.385. The van der Waals surface area contributed by atoms with Crippen LogP contribution in [0.2, 0.25) is 0 Å². The summed E-state index contributed by atoms with van der Waals surface area (Å²) in [5.74, 6) is -0.764. The Morgan fingerprint density at radius 2 is 2.00 bits per heavy atom. The van der Waals surface area contributed by atoms with Crippen LogP contribution in [-0.2, 0) is 4.79 Å². The summed E-state index contributed by atoms with van der Waals surface area (Å²) in [6.45, 7) is 2.43. The third-order valence-corrected chi connectivity index (χ3v) is 2.74. The Bertz CT molecular complexity index is 545. The summed E-state index contributed by atoms with van der Waals surface area (Å²) in [7, 11) is 1.54. The smallest absolute Gasteiger partial charge is 0.305 e. The largest absolute Gasteiger partial charge is 0.383 e. The molecule has 1 rings (SSSR count). The molecule has 1 aromatic rings. The van der Waals surface area contributed by atoms with E-state index in [-0.39, 0.29) is 35.8 Å². The molecule has 0 aromatic heterocycles. The van der Waals surface area contributed by atoms with Crippen molar-refractivity contribution in [2.75, 3.05) is 25.5 Å². The molecule has 0 saturated carbocycles. The Kier molecular flexibility index (Phi) is 6.12. The molecule has 0 radical (unpaired) electrons. The highest BCUT2D eigenvalue weighted by Crippen LogP contribution is 2.27. The van der Waals surface area contributed by atoms with E-state index >= 15 is 0 Å². The first-order valence-corrected chi connectivity index (χ1v) is 6.51. The number of nitro groups is 1. The van der Waals surface area contributed by atoms with Gasteiger partial charge in [0.2, 0.25) is 5.91 Å². The summed E-state index contributed by atoms with van der Waals surface area (Å²) < 4.78 is 0. The van der Waals surface area contributed by atoms with Crippen molar-refractivity contribution in [3.8, 4) is 0 Å². The molecule has 0 unspecified atom stereocenters. The molecule has 0 atom stereocenters. The van der Waals surface area contributed by atoms with Crippen LogP contribution in [0.4, 0.5) is 11.4 Å². The molecular formula is C13H18N4O4. The van der Waals surface area contributed by atoms with Gasteiger partial charge in [-0.15, -0.1) is 0 Å². The molecule has 0 aliphatic carbocycles. The van der Waals surface area contributed by atoms with Gasteiger partial charge in [-0.2, -0.15) is 0 Å². The zero-order valence-electron chi connectivity index (χ0n) is 11.9. The summed E-state index contributed by atoms with van der Waals surface area (Å²) in [5, 5.41) is 18.9. The molecule has 8 heteroatoms. The number of hydrogen-bond acceptors (Lipinski definition) is 5. The van der Waals surface area contributed by atoms with Crippen LogP contribution in [0.3, 0.4) is 0 Å². The Hall–Kier alpha value is -2.64. The number of anilines is 1. The van der Waals surface area contributed by atoms with E-state index in [9.17, 15) is 19.7 Å². The molecule has 8 nitrogen and oxygen atoms in total. The Morgan fingerprint density at radius 1 is 1.29 bits per heavy atom. The lowest BCUT2D eigenvalue weighted by Crippen LogP contribution is -2.31. The minimum absolute atomic E-state index is 0.0391. The van der Waals surface area contributed by atoms with E-state index < -0.39 is 10.8 Å². The number of rotatable bonds is 7. The van der Waals surface area contributed by atoms with Crippen LogP contribution in [0.15, 0.2) is 18.2 Å². The third kappa shape index (κ3) is 4.44. The number of benzene rings is 1. The fourth-order valence-corrected chi connectivity index (χ4v) is 1.80. The maximum absolute atomic E-state index is 12.0. The first-order valence-electron chi connectivity index (χ1n) is 6.51. The van der Waals surface area contributed by atoms with E-state index in [0.29, 0.717) is 6.54 Å². The van der Waals surface area contributed by atoms with Crippen molar-refractivity contribution in [1.82, 2.24) is 10.6 Å². The van der Waals surface area contributed by atoms with E-state index in [2.05, 4.69) is 16.0 Å². The van der Waals surface area contributed by atoms with Gasteiger partial charge >= 0.3 is 5.69 Å². The average Bonchev–Trinajstić information content (AvgIpc) is 2.46. The van der Waals surface area contributed by atoms with Crippen molar-refractivity contribution in [3.05, 3.63) is 33.9 Å². The Balaban J connectivity index is 2.79. The highest BCUT2D eigenvalue weighted by atomic mass is 16.6. The third-order valence-electron chi connectivity index (χ3n) is 2.74. The molecule has 0 bridgehead atoms. The molecule has 0 aliphatic heterocycles. The summed E-state index contributed by atoms with van der Waals surface area (Å²) in [6, 6.07) is 4.45. The number of nitrogens with one attached hydrogen (secondary N) is 3. The topological polar surface area (TPSA) is 113 Å². The first kappa shape index (κ1) is 16.4. The van der Waals surface area contributed by atoms with Crippen LogP contribution < -0.4 is 16.0 Å². The average molecular weight is 294 g/mol. The van der Waals surface area contributed by atoms with Crippen molar-refractivity contribution >= 4 is 23.2 Å². The summed E-state index contributed by atoms with van der Waals surface area (Å²) in [5.41, 5.74) is -0.0605. The van der Waals surface area contributed by atoms with Gasteiger partial charge in [0.05, 0.1) is 4.92 Å². The van der Waals surface area contributed by atoms with Gasteiger partial charge in [0.25, 0.3) is 5.91 Å². The predicted molar refractivity (Wildman–Crippen MR) is 78.3 cm³/mol. The number of nitrogens with zero attached hydrogens (tertiary/aromatic N) is 1. The van der Waals surface area contributed by atoms with Gasteiger partial charge in [0.1, 0.15) is 11.3 Å². The molecule has 0 spiro atoms. The van der Waals surface area contributed by atoms with Crippen molar-refractivity contribution < 1.29 is 14.5 Å². The minimum Gasteiger partial charge on any atom is -0.383 e. The van der Waals surface area contributed by atoms with Gasteiger partial charge in [-0.3, -0.25) is 19.7 Å². The molecule has 2 amide bonds. The number of hydrogen-bond donors (Lipinski definition) is 3. The number of nitro benzene ring substituents is 1. The lowest BCUT2D eigenvalue weighted by Gasteiger charge is -2.08. The van der Waals surface area contributed by atoms with Crippen molar-refractivity contribution in [3.63, 3.8) is 0 Å². The number of amides is 2. The van der Waals surface area contributed by atoms with Crippen LogP contribution in [0, 0.1) is 10.1 Å². The maximum atomic E-state index is 12.0. The minimum atomic E-state index is -0.607. The zero-order chi connectivity index (χ0) is 15.8. The second-order valence-electron chi connectivity index (χ2n) is 4.17. The van der Waals surface area contributed by atoms with E-state index in [1.807, 2.05) is 0 Å². The normalized spacial score (nSPS) is 9.81. The second kappa shape index (κ2) is 7.83. The van der Waals surface area contributed by atoms with Gasteiger partial charge < -0.3 is 16.0 Å². The highest BCUT2D eigenvalue weighted by molar-refractivity contribution is 6.00. The highest BCUT2D eigenvalue weighted by Gasteiger charge is 2.23. The number of para-hydroxylation sites is 1. The van der Waals surface area contributed by atoms with Crippen molar-refractivity contribution in [2.24, 2.45) is 0 Å². The van der Waals surface area contributed by atoms with E-state index in [1.165, 1.54) is 12.1 Å². The van der Waals surface area contributed by atoms with Crippen LogP contribution in [0.5, 0.6) is 0 Å². The van der Waals surface area contributed by atoms with E-state index in [1.54, 1.807) is 20.0 Å². The predicted octanol–water partition coefficient (Wildman–Crippen LogP) is 0.892. The van der Waals surface area contributed by atoms with Gasteiger partial charge in [0.15, 0.2) is 0 Å². The second-order valence-corrected chi connectivity index (χ2v) is 4.17. The fourth-order valence-electron chi connectivity index (χ4n) is 1.80. The molecule has 0 saturated heterocycles. The SMILES string of the molecule is CCNC(=O)CCNC(=O)c1cccc(NC)c1[N+](=O)[O-]. The van der Waals surface area contributed by atoms with Crippen LogP contribution >= 0.6 is 0 Å². The molecule has 0 fully saturated rings.